The van der Waals surface area contributed by atoms with Crippen LogP contribution < -0.4 is 5.73 Å². The number of hydrogen-bond acceptors (Lipinski definition) is 3. The van der Waals surface area contributed by atoms with Gasteiger partial charge in [0.2, 0.25) is 5.22 Å². The van der Waals surface area contributed by atoms with Gasteiger partial charge >= 0.3 is 0 Å². The Hall–Kier alpha value is -1.78. The van der Waals surface area contributed by atoms with Gasteiger partial charge in [0.1, 0.15) is 5.82 Å². The number of aromatic amines is 1. The maximum absolute atomic E-state index is 5.91. The number of nitrogens with zero attached hydrogens (tertiary/aromatic N) is 1. The summed E-state index contributed by atoms with van der Waals surface area (Å²) in [5.74, 6) is 0.702. The molecule has 0 aliphatic rings. The number of imidazole rings is 1. The van der Waals surface area contributed by atoms with E-state index in [9.17, 15) is 0 Å². The molecule has 1 aromatic carbocycles. The number of nitrogens with one attached hydrogen (secondary N) is 1. The van der Waals surface area contributed by atoms with Gasteiger partial charge in [-0.05, 0) is 35.4 Å². The summed E-state index contributed by atoms with van der Waals surface area (Å²) in [5.41, 5.74) is 9.25. The first kappa shape index (κ1) is 10.4. The Morgan fingerprint density at radius 1 is 1.35 bits per heavy atom. The maximum Gasteiger partial charge on any atom is 0.203 e. The number of rotatable bonds is 2. The van der Waals surface area contributed by atoms with Crippen molar-refractivity contribution in [2.75, 3.05) is 0 Å². The van der Waals surface area contributed by atoms with Crippen molar-refractivity contribution in [3.8, 4) is 11.4 Å². The summed E-state index contributed by atoms with van der Waals surface area (Å²) in [5, 5.41) is 0.336. The molecule has 0 unspecified atom stereocenters. The van der Waals surface area contributed by atoms with Crippen molar-refractivity contribution in [1.29, 1.82) is 0 Å². The lowest BCUT2D eigenvalue weighted by Crippen LogP contribution is -1.95. The Kier molecular flexibility index (Phi) is 2.39. The minimum Gasteiger partial charge on any atom is -0.452 e. The van der Waals surface area contributed by atoms with E-state index in [0.717, 1.165) is 22.2 Å². The molecule has 3 aromatic rings. The van der Waals surface area contributed by atoms with E-state index in [1.54, 1.807) is 6.07 Å². The Morgan fingerprint density at radius 2 is 2.24 bits per heavy atom. The number of hydrogen-bond donors (Lipinski definition) is 2. The molecule has 0 saturated heterocycles. The largest absolute Gasteiger partial charge is 0.452 e. The van der Waals surface area contributed by atoms with Crippen molar-refractivity contribution < 1.29 is 4.42 Å². The van der Waals surface area contributed by atoms with Crippen molar-refractivity contribution in [3.05, 3.63) is 41.3 Å². The summed E-state index contributed by atoms with van der Waals surface area (Å²) >= 11 is 5.91. The molecule has 5 heteroatoms. The van der Waals surface area contributed by atoms with Crippen LogP contribution in [-0.4, -0.2) is 9.97 Å². The lowest BCUT2D eigenvalue weighted by Gasteiger charge is -1.94. The minimum absolute atomic E-state index is 0.336. The second-order valence-electron chi connectivity index (χ2n) is 3.75. The quantitative estimate of drug-likeness (QED) is 0.732. The summed E-state index contributed by atoms with van der Waals surface area (Å²) < 4.78 is 5.05. The molecular formula is C12H10ClN3O. The van der Waals surface area contributed by atoms with Crippen molar-refractivity contribution in [1.82, 2.24) is 9.97 Å². The van der Waals surface area contributed by atoms with Gasteiger partial charge in [-0.25, -0.2) is 4.98 Å². The van der Waals surface area contributed by atoms with Gasteiger partial charge in [0.15, 0.2) is 0 Å². The Labute approximate surface area is 102 Å². The van der Waals surface area contributed by atoms with Crippen LogP contribution in [0, 0.1) is 0 Å². The molecule has 2 heterocycles. The third kappa shape index (κ3) is 1.71. The van der Waals surface area contributed by atoms with E-state index in [4.69, 9.17) is 21.8 Å². The Balaban J connectivity index is 2.17. The predicted molar refractivity (Wildman–Crippen MR) is 66.7 cm³/mol. The highest BCUT2D eigenvalue weighted by atomic mass is 35.5. The normalized spacial score (nSPS) is 11.2. The van der Waals surface area contributed by atoms with Crippen molar-refractivity contribution in [2.45, 2.75) is 6.54 Å². The highest BCUT2D eigenvalue weighted by molar-refractivity contribution is 6.31. The lowest BCUT2D eigenvalue weighted by atomic mass is 10.2. The van der Waals surface area contributed by atoms with Gasteiger partial charge in [-0.1, -0.05) is 6.07 Å². The molecular weight excluding hydrogens is 238 g/mol. The van der Waals surface area contributed by atoms with E-state index >= 15 is 0 Å². The van der Waals surface area contributed by atoms with Gasteiger partial charge in [0.25, 0.3) is 0 Å². The molecule has 0 atom stereocenters. The zero-order chi connectivity index (χ0) is 11.8. The van der Waals surface area contributed by atoms with Gasteiger partial charge in [-0.3, -0.25) is 0 Å². The molecule has 3 rings (SSSR count). The van der Waals surface area contributed by atoms with Crippen LogP contribution in [0.2, 0.25) is 5.22 Å². The van der Waals surface area contributed by atoms with Crippen LogP contribution in [0.3, 0.4) is 0 Å². The van der Waals surface area contributed by atoms with E-state index in [-0.39, 0.29) is 0 Å². The Morgan fingerprint density at radius 3 is 2.94 bits per heavy atom. The van der Waals surface area contributed by atoms with Crippen LogP contribution in [0.4, 0.5) is 0 Å². The van der Waals surface area contributed by atoms with Crippen LogP contribution in [-0.2, 0) is 6.54 Å². The second-order valence-corrected chi connectivity index (χ2v) is 4.09. The smallest absolute Gasteiger partial charge is 0.203 e. The summed E-state index contributed by atoms with van der Waals surface area (Å²) in [6.45, 7) is 0.511. The van der Waals surface area contributed by atoms with Crippen molar-refractivity contribution in [3.63, 3.8) is 0 Å². The molecule has 0 aliphatic heterocycles. The summed E-state index contributed by atoms with van der Waals surface area (Å²) in [4.78, 5) is 7.65. The molecule has 86 valence electrons. The first-order valence-corrected chi connectivity index (χ1v) is 5.58. The van der Waals surface area contributed by atoms with E-state index in [1.165, 1.54) is 6.26 Å². The zero-order valence-electron chi connectivity index (χ0n) is 8.90. The SMILES string of the molecule is NCc1ccc2nc(-c3ccoc3Cl)[nH]c2c1. The summed E-state index contributed by atoms with van der Waals surface area (Å²) in [7, 11) is 0. The average molecular weight is 248 g/mol. The third-order valence-electron chi connectivity index (χ3n) is 2.66. The number of aromatic nitrogens is 2. The van der Waals surface area contributed by atoms with Crippen molar-refractivity contribution in [2.24, 2.45) is 5.73 Å². The fourth-order valence-corrected chi connectivity index (χ4v) is 1.98. The van der Waals surface area contributed by atoms with Crippen LogP contribution in [0.15, 0.2) is 34.9 Å². The molecule has 0 saturated carbocycles. The highest BCUT2D eigenvalue weighted by Crippen LogP contribution is 2.28. The zero-order valence-corrected chi connectivity index (χ0v) is 9.66. The molecule has 0 amide bonds. The van der Waals surface area contributed by atoms with Gasteiger partial charge in [0.05, 0.1) is 22.9 Å². The number of nitrogens with two attached hydrogens (primary N) is 1. The lowest BCUT2D eigenvalue weighted by molar-refractivity contribution is 0.570. The molecule has 0 aliphatic carbocycles. The van der Waals surface area contributed by atoms with Gasteiger partial charge in [0, 0.05) is 6.54 Å². The molecule has 0 bridgehead atoms. The monoisotopic (exact) mass is 247 g/mol. The van der Waals surface area contributed by atoms with Crippen LogP contribution in [0.5, 0.6) is 0 Å². The standard InChI is InChI=1S/C12H10ClN3O/c13-11-8(3-4-17-11)12-15-9-2-1-7(6-14)5-10(9)16-12/h1-5H,6,14H2,(H,15,16). The fraction of sp³-hybridized carbons (Fsp3) is 0.0833. The summed E-state index contributed by atoms with van der Waals surface area (Å²) in [6.07, 6.45) is 1.54. The third-order valence-corrected chi connectivity index (χ3v) is 2.95. The molecule has 0 fully saturated rings. The molecule has 4 nitrogen and oxygen atoms in total. The predicted octanol–water partition coefficient (Wildman–Crippen LogP) is 2.94. The first-order valence-electron chi connectivity index (χ1n) is 5.20. The molecule has 17 heavy (non-hydrogen) atoms. The maximum atomic E-state index is 5.91. The average Bonchev–Trinajstić information content (AvgIpc) is 2.93. The number of furan rings is 1. The van der Waals surface area contributed by atoms with Crippen molar-refractivity contribution >= 4 is 22.6 Å². The molecule has 2 aromatic heterocycles. The van der Waals surface area contributed by atoms with Gasteiger partial charge in [-0.2, -0.15) is 0 Å². The van der Waals surface area contributed by atoms with Crippen LogP contribution in [0.1, 0.15) is 5.56 Å². The van der Waals surface area contributed by atoms with E-state index in [2.05, 4.69) is 9.97 Å². The van der Waals surface area contributed by atoms with Gasteiger partial charge < -0.3 is 15.1 Å². The summed E-state index contributed by atoms with van der Waals surface area (Å²) in [6, 6.07) is 7.67. The minimum atomic E-state index is 0.336. The topological polar surface area (TPSA) is 67.8 Å². The highest BCUT2D eigenvalue weighted by Gasteiger charge is 2.11. The number of benzene rings is 1. The van der Waals surface area contributed by atoms with E-state index in [1.807, 2.05) is 18.2 Å². The van der Waals surface area contributed by atoms with Crippen LogP contribution >= 0.6 is 11.6 Å². The number of fused-ring (bicyclic) bond motifs is 1. The second kappa shape index (κ2) is 3.91. The molecule has 0 spiro atoms. The Bertz CT molecular complexity index is 671. The van der Waals surface area contributed by atoms with E-state index < -0.39 is 0 Å². The fourth-order valence-electron chi connectivity index (χ4n) is 1.77. The number of halogens is 1. The molecule has 3 N–H and O–H groups in total. The van der Waals surface area contributed by atoms with Crippen LogP contribution in [0.25, 0.3) is 22.4 Å². The number of H-pyrrole nitrogens is 1. The molecule has 0 radical (unpaired) electrons. The van der Waals surface area contributed by atoms with Gasteiger partial charge in [-0.15, -0.1) is 0 Å². The van der Waals surface area contributed by atoms with E-state index in [0.29, 0.717) is 17.6 Å². The first-order chi connectivity index (χ1) is 8.28.